The molecule has 1 aromatic carbocycles. The van der Waals surface area contributed by atoms with Crippen molar-refractivity contribution in [3.05, 3.63) is 52.7 Å². The lowest BCUT2D eigenvalue weighted by Crippen LogP contribution is -2.43. The minimum Gasteiger partial charge on any atom is -0.347 e. The van der Waals surface area contributed by atoms with Crippen LogP contribution in [0, 0.1) is 0 Å². The molecule has 0 unspecified atom stereocenters. The molecular formula is C17H19N3O3S. The van der Waals surface area contributed by atoms with E-state index in [-0.39, 0.29) is 24.9 Å². The summed E-state index contributed by atoms with van der Waals surface area (Å²) in [7, 11) is 0. The molecule has 0 saturated carbocycles. The van der Waals surface area contributed by atoms with Gasteiger partial charge in [0.15, 0.2) is 0 Å². The monoisotopic (exact) mass is 345 g/mol. The predicted octanol–water partition coefficient (Wildman–Crippen LogP) is 1.53. The fraction of sp³-hybridized carbons (Fsp3) is 0.235. The average Bonchev–Trinajstić information content (AvgIpc) is 3.09. The molecule has 126 valence electrons. The van der Waals surface area contributed by atoms with Gasteiger partial charge in [-0.1, -0.05) is 18.2 Å². The van der Waals surface area contributed by atoms with E-state index in [4.69, 9.17) is 0 Å². The van der Waals surface area contributed by atoms with Crippen LogP contribution in [0.25, 0.3) is 0 Å². The molecular weight excluding hydrogens is 326 g/mol. The van der Waals surface area contributed by atoms with Gasteiger partial charge >= 0.3 is 0 Å². The summed E-state index contributed by atoms with van der Waals surface area (Å²) in [5, 5.41) is 8.86. The number of nitrogens with zero attached hydrogens (tertiary/aromatic N) is 1. The molecule has 0 bridgehead atoms. The maximum absolute atomic E-state index is 12.5. The van der Waals surface area contributed by atoms with Crippen LogP contribution >= 0.6 is 11.3 Å². The van der Waals surface area contributed by atoms with E-state index in [2.05, 4.69) is 10.6 Å². The summed E-state index contributed by atoms with van der Waals surface area (Å²) in [5.41, 5.74) is 1.80. The van der Waals surface area contributed by atoms with Crippen molar-refractivity contribution in [2.45, 2.75) is 13.5 Å². The molecule has 0 radical (unpaired) electrons. The predicted molar refractivity (Wildman–Crippen MR) is 93.6 cm³/mol. The molecule has 2 N–H and O–H groups in total. The Morgan fingerprint density at radius 1 is 1.04 bits per heavy atom. The number of benzene rings is 1. The third-order valence-corrected chi connectivity index (χ3v) is 3.96. The summed E-state index contributed by atoms with van der Waals surface area (Å²) >= 11 is 1.57. The zero-order valence-electron chi connectivity index (χ0n) is 13.3. The van der Waals surface area contributed by atoms with Crippen molar-refractivity contribution >= 4 is 34.7 Å². The van der Waals surface area contributed by atoms with Crippen molar-refractivity contribution in [3.63, 3.8) is 0 Å². The average molecular weight is 345 g/mol. The van der Waals surface area contributed by atoms with E-state index in [1.54, 1.807) is 16.2 Å². The Morgan fingerprint density at radius 3 is 2.42 bits per heavy atom. The first kappa shape index (κ1) is 17.7. The minimum atomic E-state index is -0.401. The Bertz CT molecular complexity index is 686. The summed E-state index contributed by atoms with van der Waals surface area (Å²) in [6, 6.07) is 11.3. The first-order chi connectivity index (χ1) is 11.6. The summed E-state index contributed by atoms with van der Waals surface area (Å²) in [6.45, 7) is 1.50. The molecule has 24 heavy (non-hydrogen) atoms. The highest BCUT2D eigenvalue weighted by molar-refractivity contribution is 7.07. The second-order valence-electron chi connectivity index (χ2n) is 5.13. The second-order valence-corrected chi connectivity index (χ2v) is 5.91. The molecule has 2 aromatic rings. The molecule has 0 saturated heterocycles. The van der Waals surface area contributed by atoms with Gasteiger partial charge in [0.25, 0.3) is 0 Å². The normalized spacial score (nSPS) is 10.0. The second kappa shape index (κ2) is 8.83. The van der Waals surface area contributed by atoms with E-state index in [0.29, 0.717) is 6.54 Å². The van der Waals surface area contributed by atoms with Crippen molar-refractivity contribution in [2.75, 3.05) is 18.0 Å². The number of thiophene rings is 1. The molecule has 0 aliphatic carbocycles. The van der Waals surface area contributed by atoms with Gasteiger partial charge in [-0.05, 0) is 34.5 Å². The lowest BCUT2D eigenvalue weighted by molar-refractivity contribution is -0.126. The number of hydrogen-bond acceptors (Lipinski definition) is 4. The number of carbonyl (C=O) groups excluding carboxylic acids is 3. The SMILES string of the molecule is CC(=O)NCC(=O)NCC(=O)N(Cc1ccsc1)c1ccccc1. The molecule has 0 atom stereocenters. The Labute approximate surface area is 144 Å². The van der Waals surface area contributed by atoms with Gasteiger partial charge in [0.05, 0.1) is 19.6 Å². The van der Waals surface area contributed by atoms with E-state index in [9.17, 15) is 14.4 Å². The van der Waals surface area contributed by atoms with E-state index in [1.165, 1.54) is 6.92 Å². The third kappa shape index (κ3) is 5.51. The molecule has 0 spiro atoms. The molecule has 0 aliphatic rings. The number of para-hydroxylation sites is 1. The van der Waals surface area contributed by atoms with E-state index in [0.717, 1.165) is 11.3 Å². The van der Waals surface area contributed by atoms with Gasteiger partial charge in [-0.15, -0.1) is 0 Å². The van der Waals surface area contributed by atoms with Crippen LogP contribution in [0.15, 0.2) is 47.2 Å². The fourth-order valence-corrected chi connectivity index (χ4v) is 2.69. The summed E-state index contributed by atoms with van der Waals surface area (Å²) in [6.07, 6.45) is 0. The minimum absolute atomic E-state index is 0.128. The van der Waals surface area contributed by atoms with Gasteiger partial charge in [0.2, 0.25) is 17.7 Å². The standard InChI is InChI=1S/C17H19N3O3S/c1-13(21)18-9-16(22)19-10-17(23)20(11-14-7-8-24-12-14)15-5-3-2-4-6-15/h2-8,12H,9-11H2,1H3,(H,18,21)(H,19,22). The van der Waals surface area contributed by atoms with Crippen molar-refractivity contribution in [1.29, 1.82) is 0 Å². The Kier molecular flexibility index (Phi) is 6.51. The molecule has 2 rings (SSSR count). The van der Waals surface area contributed by atoms with Crippen LogP contribution in [0.1, 0.15) is 12.5 Å². The highest BCUT2D eigenvalue weighted by atomic mass is 32.1. The number of carbonyl (C=O) groups is 3. The highest BCUT2D eigenvalue weighted by Gasteiger charge is 2.17. The lowest BCUT2D eigenvalue weighted by atomic mass is 10.2. The van der Waals surface area contributed by atoms with Crippen LogP contribution < -0.4 is 15.5 Å². The Hall–Kier alpha value is -2.67. The van der Waals surface area contributed by atoms with Crippen molar-refractivity contribution in [2.24, 2.45) is 0 Å². The van der Waals surface area contributed by atoms with Gasteiger partial charge in [0.1, 0.15) is 0 Å². The van der Waals surface area contributed by atoms with Crippen LogP contribution in [-0.2, 0) is 20.9 Å². The molecule has 0 fully saturated rings. The van der Waals surface area contributed by atoms with Gasteiger partial charge in [-0.2, -0.15) is 11.3 Å². The van der Waals surface area contributed by atoms with Crippen molar-refractivity contribution in [1.82, 2.24) is 10.6 Å². The number of hydrogen-bond donors (Lipinski definition) is 2. The van der Waals surface area contributed by atoms with Gasteiger partial charge in [0, 0.05) is 12.6 Å². The van der Waals surface area contributed by atoms with E-state index >= 15 is 0 Å². The molecule has 3 amide bonds. The number of nitrogens with one attached hydrogen (secondary N) is 2. The van der Waals surface area contributed by atoms with E-state index < -0.39 is 5.91 Å². The lowest BCUT2D eigenvalue weighted by Gasteiger charge is -2.22. The Morgan fingerprint density at radius 2 is 1.79 bits per heavy atom. The quantitative estimate of drug-likeness (QED) is 0.799. The van der Waals surface area contributed by atoms with Crippen LogP contribution in [-0.4, -0.2) is 30.8 Å². The van der Waals surface area contributed by atoms with Gasteiger partial charge in [-0.25, -0.2) is 0 Å². The van der Waals surface area contributed by atoms with Crippen molar-refractivity contribution in [3.8, 4) is 0 Å². The maximum atomic E-state index is 12.5. The highest BCUT2D eigenvalue weighted by Crippen LogP contribution is 2.18. The van der Waals surface area contributed by atoms with Crippen LogP contribution in [0.5, 0.6) is 0 Å². The summed E-state index contributed by atoms with van der Waals surface area (Å²) in [4.78, 5) is 36.6. The summed E-state index contributed by atoms with van der Waals surface area (Å²) < 4.78 is 0. The maximum Gasteiger partial charge on any atom is 0.246 e. The molecule has 6 nitrogen and oxygen atoms in total. The third-order valence-electron chi connectivity index (χ3n) is 3.22. The smallest absolute Gasteiger partial charge is 0.246 e. The number of amides is 3. The molecule has 7 heteroatoms. The van der Waals surface area contributed by atoms with Crippen LogP contribution in [0.3, 0.4) is 0 Å². The molecule has 0 aliphatic heterocycles. The van der Waals surface area contributed by atoms with Crippen molar-refractivity contribution < 1.29 is 14.4 Å². The fourth-order valence-electron chi connectivity index (χ4n) is 2.03. The van der Waals surface area contributed by atoms with Crippen LogP contribution in [0.4, 0.5) is 5.69 Å². The van der Waals surface area contributed by atoms with Gasteiger partial charge in [-0.3, -0.25) is 14.4 Å². The van der Waals surface area contributed by atoms with Crippen LogP contribution in [0.2, 0.25) is 0 Å². The number of anilines is 1. The largest absolute Gasteiger partial charge is 0.347 e. The summed E-state index contributed by atoms with van der Waals surface area (Å²) in [5.74, 6) is -0.912. The van der Waals surface area contributed by atoms with Gasteiger partial charge < -0.3 is 15.5 Å². The number of rotatable bonds is 7. The molecule has 1 heterocycles. The zero-order chi connectivity index (χ0) is 17.4. The Balaban J connectivity index is 1.99. The first-order valence-corrected chi connectivity index (χ1v) is 8.38. The zero-order valence-corrected chi connectivity index (χ0v) is 14.1. The molecule has 1 aromatic heterocycles. The first-order valence-electron chi connectivity index (χ1n) is 7.44. The topological polar surface area (TPSA) is 78.5 Å². The van der Waals surface area contributed by atoms with E-state index in [1.807, 2.05) is 47.2 Å².